The third-order valence-corrected chi connectivity index (χ3v) is 8.44. The number of nitrogens with one attached hydrogen (secondary N) is 2. The summed E-state index contributed by atoms with van der Waals surface area (Å²) in [5.74, 6) is 1.89. The fraction of sp³-hybridized carbons (Fsp3) is 0.962. The normalized spacial score (nSPS) is 28.5. The summed E-state index contributed by atoms with van der Waals surface area (Å²) in [5.41, 5.74) is 0. The molecule has 3 saturated carbocycles. The number of amides is 1. The Morgan fingerprint density at radius 2 is 0.968 bits per heavy atom. The van der Waals surface area contributed by atoms with Crippen molar-refractivity contribution in [2.45, 2.75) is 159 Å². The van der Waals surface area contributed by atoms with Gasteiger partial charge in [0, 0.05) is 6.04 Å². The molecule has 3 fully saturated rings. The maximum atomic E-state index is 12.7. The molecule has 0 aliphatic heterocycles. The van der Waals surface area contributed by atoms with E-state index in [1.165, 1.54) is 142 Å². The smallest absolute Gasteiger partial charge is 0.237 e. The van der Waals surface area contributed by atoms with Gasteiger partial charge in [-0.25, -0.2) is 0 Å². The molecule has 2 atom stereocenters. The second kappa shape index (κ2) is 15.4. The van der Waals surface area contributed by atoms with Gasteiger partial charge in [-0.15, -0.1) is 0 Å². The van der Waals surface area contributed by atoms with Crippen LogP contribution < -0.4 is 10.5 Å². The average molecular weight is 428 g/mol. The van der Waals surface area contributed by atoms with E-state index in [4.69, 9.17) is 0 Å². The highest BCUT2D eigenvalue weighted by molar-refractivity contribution is 6.74. The summed E-state index contributed by atoms with van der Waals surface area (Å²) in [7, 11) is 2.02. The molecule has 1 amide bonds. The van der Waals surface area contributed by atoms with E-state index in [9.17, 15) is 4.79 Å². The second-order valence-corrected chi connectivity index (χ2v) is 11.2. The van der Waals surface area contributed by atoms with Gasteiger partial charge < -0.3 is 10.5 Å². The van der Waals surface area contributed by atoms with Crippen LogP contribution in [0.2, 0.25) is 11.6 Å². The van der Waals surface area contributed by atoms with Crippen LogP contribution in [0.3, 0.4) is 0 Å². The molecule has 0 radical (unpaired) electrons. The van der Waals surface area contributed by atoms with Gasteiger partial charge in [0.25, 0.3) is 0 Å². The van der Waals surface area contributed by atoms with Gasteiger partial charge in [-0.05, 0) is 38.1 Å². The van der Waals surface area contributed by atoms with Crippen LogP contribution >= 0.6 is 0 Å². The summed E-state index contributed by atoms with van der Waals surface area (Å²) < 4.78 is 0. The summed E-state index contributed by atoms with van der Waals surface area (Å²) in [6.07, 6.45) is 28.3. The minimum Gasteiger partial charge on any atom is -0.362 e. The number of hydrogen-bond acceptors (Lipinski definition) is 2. The van der Waals surface area contributed by atoms with Crippen molar-refractivity contribution < 1.29 is 4.79 Å². The summed E-state index contributed by atoms with van der Waals surface area (Å²) in [6.45, 7) is 0. The molecule has 0 spiro atoms. The van der Waals surface area contributed by atoms with Gasteiger partial charge in [0.05, 0.1) is 0 Å². The number of hydrogen-bond donors (Lipinski definition) is 2. The molecule has 0 heterocycles. The molecule has 5 heteroatoms. The minimum atomic E-state index is 0.341. The van der Waals surface area contributed by atoms with Crippen molar-refractivity contribution in [3.8, 4) is 0 Å². The Bertz CT molecular complexity index is 474. The van der Waals surface area contributed by atoms with Crippen molar-refractivity contribution >= 4 is 20.5 Å². The van der Waals surface area contributed by atoms with Gasteiger partial charge in [-0.1, -0.05) is 114 Å². The summed E-state index contributed by atoms with van der Waals surface area (Å²) >= 11 is 0. The van der Waals surface area contributed by atoms with Gasteiger partial charge in [-0.2, -0.15) is 0 Å². The first kappa shape index (κ1) is 25.2. The summed E-state index contributed by atoms with van der Waals surface area (Å²) in [6, 6.07) is 1.13. The predicted octanol–water partition coefficient (Wildman–Crippen LogP) is 6.62. The quantitative estimate of drug-likeness (QED) is 0.467. The lowest BCUT2D eigenvalue weighted by molar-refractivity contribution is 0.253. The highest BCUT2D eigenvalue weighted by Crippen LogP contribution is 2.27. The van der Waals surface area contributed by atoms with Crippen molar-refractivity contribution in [2.75, 3.05) is 0 Å². The molecule has 3 rings (SSSR count). The zero-order valence-electron chi connectivity index (χ0n) is 20.5. The molecule has 0 aromatic carbocycles. The first-order chi connectivity index (χ1) is 15.3. The van der Waals surface area contributed by atoms with Gasteiger partial charge in [0.15, 0.2) is 5.81 Å². The van der Waals surface area contributed by atoms with Crippen LogP contribution in [-0.4, -0.2) is 32.6 Å². The molecule has 0 bridgehead atoms. The van der Waals surface area contributed by atoms with E-state index in [1.54, 1.807) is 0 Å². The Hall–Kier alpha value is -0.440. The monoisotopic (exact) mass is 428 g/mol. The Morgan fingerprint density at radius 1 is 0.516 bits per heavy atom. The number of rotatable bonds is 6. The highest BCUT2D eigenvalue weighted by Gasteiger charge is 2.22. The largest absolute Gasteiger partial charge is 0.362 e. The number of carbonyl (C=O) groups is 1. The molecular formula is C26H50B2N2O. The van der Waals surface area contributed by atoms with Gasteiger partial charge in [-0.3, -0.25) is 4.79 Å². The minimum absolute atomic E-state index is 0.341. The van der Waals surface area contributed by atoms with E-state index >= 15 is 0 Å². The Balaban J connectivity index is 1.34. The van der Waals surface area contributed by atoms with Crippen LogP contribution in [0.5, 0.6) is 0 Å². The lowest BCUT2D eigenvalue weighted by Gasteiger charge is -2.23. The van der Waals surface area contributed by atoms with Crippen LogP contribution in [0.4, 0.5) is 4.79 Å². The topological polar surface area (TPSA) is 41.1 Å². The van der Waals surface area contributed by atoms with Crippen LogP contribution in [-0.2, 0) is 0 Å². The SMILES string of the molecule is O=C(BC1CCCCCCC1)NC1CCCCC(NBC2CCCCCCC2)CCC1. The maximum absolute atomic E-state index is 12.7. The standard InChI is InChI=1S/C26H50B2N2O/c31-26(27-22-14-7-3-1-4-8-15-22)29-24-18-11-12-19-25(21-13-20-24)30-28-23-16-9-5-2-6-10-17-23/h22-25,27-28,30H,1-21H2,(H,29,31). The average Bonchev–Trinajstić information content (AvgIpc) is 2.81. The first-order valence-corrected chi connectivity index (χ1v) is 14.3. The summed E-state index contributed by atoms with van der Waals surface area (Å²) in [5, 5.41) is 7.42. The lowest BCUT2D eigenvalue weighted by atomic mass is 9.59. The zero-order chi connectivity index (χ0) is 21.6. The maximum Gasteiger partial charge on any atom is 0.237 e. The third-order valence-electron chi connectivity index (χ3n) is 8.44. The fourth-order valence-corrected chi connectivity index (χ4v) is 6.40. The van der Waals surface area contributed by atoms with E-state index < -0.39 is 0 Å². The van der Waals surface area contributed by atoms with Crippen LogP contribution in [0.25, 0.3) is 0 Å². The van der Waals surface area contributed by atoms with Crippen LogP contribution in [0.1, 0.15) is 135 Å². The highest BCUT2D eigenvalue weighted by atomic mass is 16.1. The predicted molar refractivity (Wildman–Crippen MR) is 138 cm³/mol. The molecule has 31 heavy (non-hydrogen) atoms. The van der Waals surface area contributed by atoms with E-state index in [1.807, 2.05) is 0 Å². The van der Waals surface area contributed by atoms with Crippen LogP contribution in [0.15, 0.2) is 0 Å². The lowest BCUT2D eigenvalue weighted by Crippen LogP contribution is -2.38. The first-order valence-electron chi connectivity index (χ1n) is 14.3. The van der Waals surface area contributed by atoms with Gasteiger partial charge >= 0.3 is 0 Å². The van der Waals surface area contributed by atoms with Crippen molar-refractivity contribution in [3.05, 3.63) is 0 Å². The molecule has 0 saturated heterocycles. The third kappa shape index (κ3) is 10.8. The Labute approximate surface area is 194 Å². The summed E-state index contributed by atoms with van der Waals surface area (Å²) in [4.78, 5) is 12.7. The number of carbonyl (C=O) groups excluding carboxylic acids is 1. The molecule has 2 unspecified atom stereocenters. The second-order valence-electron chi connectivity index (χ2n) is 11.2. The van der Waals surface area contributed by atoms with Crippen molar-refractivity contribution in [2.24, 2.45) is 0 Å². The van der Waals surface area contributed by atoms with Crippen molar-refractivity contribution in [1.82, 2.24) is 10.5 Å². The van der Waals surface area contributed by atoms with E-state index in [0.29, 0.717) is 23.7 Å². The molecule has 176 valence electrons. The van der Waals surface area contributed by atoms with Gasteiger partial charge in [0.2, 0.25) is 14.7 Å². The Kier molecular flexibility index (Phi) is 12.5. The Morgan fingerprint density at radius 3 is 1.61 bits per heavy atom. The zero-order valence-corrected chi connectivity index (χ0v) is 20.5. The molecule has 0 aromatic rings. The molecule has 2 N–H and O–H groups in total. The molecular weight excluding hydrogens is 378 g/mol. The van der Waals surface area contributed by atoms with Gasteiger partial charge in [0.1, 0.15) is 0 Å². The molecule has 3 aliphatic rings. The molecule has 3 nitrogen and oxygen atoms in total. The van der Waals surface area contributed by atoms with E-state index in [2.05, 4.69) is 10.5 Å². The molecule has 0 aromatic heterocycles. The molecule has 3 aliphatic carbocycles. The van der Waals surface area contributed by atoms with E-state index in [-0.39, 0.29) is 0 Å². The van der Waals surface area contributed by atoms with Crippen LogP contribution in [0, 0.1) is 0 Å². The van der Waals surface area contributed by atoms with Crippen molar-refractivity contribution in [3.63, 3.8) is 0 Å². The van der Waals surface area contributed by atoms with Crippen molar-refractivity contribution in [1.29, 1.82) is 0 Å². The fourth-order valence-electron chi connectivity index (χ4n) is 6.40. The van der Waals surface area contributed by atoms with E-state index in [0.717, 1.165) is 13.1 Å².